The number of hydrogen-bond acceptors (Lipinski definition) is 9. The first-order valence-electron chi connectivity index (χ1n) is 11.7. The van der Waals surface area contributed by atoms with E-state index in [1.807, 2.05) is 6.07 Å². The van der Waals surface area contributed by atoms with Crippen molar-refractivity contribution in [2.24, 2.45) is 5.73 Å². The Morgan fingerprint density at radius 3 is 2.23 bits per heavy atom. The van der Waals surface area contributed by atoms with Crippen LogP contribution in [0.15, 0.2) is 106 Å². The summed E-state index contributed by atoms with van der Waals surface area (Å²) in [4.78, 5) is 27.3. The predicted molar refractivity (Wildman–Crippen MR) is 143 cm³/mol. The van der Waals surface area contributed by atoms with Gasteiger partial charge in [-0.05, 0) is 48.0 Å². The largest absolute Gasteiger partial charge is 0.466 e. The van der Waals surface area contributed by atoms with Crippen LogP contribution in [0.4, 0.5) is 15.8 Å². The van der Waals surface area contributed by atoms with Gasteiger partial charge in [-0.15, -0.1) is 0 Å². The molecule has 3 N–H and O–H groups in total. The molecular weight excluding hydrogens is 539 g/mol. The van der Waals surface area contributed by atoms with Gasteiger partial charge in [-0.3, -0.25) is 9.62 Å². The Morgan fingerprint density at radius 2 is 1.62 bits per heavy atom. The highest BCUT2D eigenvalue weighted by Gasteiger charge is 2.43. The van der Waals surface area contributed by atoms with Crippen molar-refractivity contribution < 1.29 is 31.9 Å². The second-order valence-electron chi connectivity index (χ2n) is 8.45. The van der Waals surface area contributed by atoms with E-state index < -0.39 is 33.7 Å². The van der Waals surface area contributed by atoms with Crippen LogP contribution in [0.25, 0.3) is 0 Å². The summed E-state index contributed by atoms with van der Waals surface area (Å²) in [5.74, 6) is -3.67. The van der Waals surface area contributed by atoms with Gasteiger partial charge >= 0.3 is 11.9 Å². The summed E-state index contributed by atoms with van der Waals surface area (Å²) in [6.45, 7) is 0. The maximum atomic E-state index is 13.3. The monoisotopic (exact) mass is 562 g/mol. The number of halogens is 1. The van der Waals surface area contributed by atoms with Crippen molar-refractivity contribution in [2.45, 2.75) is 10.8 Å². The zero-order valence-electron chi connectivity index (χ0n) is 21.3. The third-order valence-corrected chi connectivity index (χ3v) is 7.49. The Bertz CT molecular complexity index is 1680. The molecule has 12 heteroatoms. The minimum atomic E-state index is -4.12. The minimum absolute atomic E-state index is 0.0449. The van der Waals surface area contributed by atoms with E-state index in [0.717, 1.165) is 43.4 Å². The van der Waals surface area contributed by atoms with Crippen LogP contribution in [0.5, 0.6) is 0 Å². The standard InChI is InChI=1S/C28H23FN4O6S/c1-38-27(34)24-23(17-7-4-3-5-8-17)22(16-30)26(31)33(25(24)28(35)39-2)20-10-6-9-19(15-20)32-40(36,37)21-13-11-18(29)12-14-21/h3-15,23,32H,31H2,1-2H3. The molecule has 1 unspecified atom stereocenters. The number of nitrogens with zero attached hydrogens (tertiary/aromatic N) is 2. The number of rotatable bonds is 7. The lowest BCUT2D eigenvalue weighted by Gasteiger charge is -2.36. The van der Waals surface area contributed by atoms with Gasteiger partial charge in [0.15, 0.2) is 0 Å². The molecule has 1 aliphatic heterocycles. The van der Waals surface area contributed by atoms with E-state index in [1.165, 1.54) is 24.3 Å². The summed E-state index contributed by atoms with van der Waals surface area (Å²) in [6.07, 6.45) is 0. The van der Waals surface area contributed by atoms with Gasteiger partial charge < -0.3 is 15.2 Å². The van der Waals surface area contributed by atoms with Crippen LogP contribution in [0, 0.1) is 17.1 Å². The van der Waals surface area contributed by atoms with Crippen molar-refractivity contribution in [2.75, 3.05) is 23.8 Å². The van der Waals surface area contributed by atoms with E-state index in [-0.39, 0.29) is 38.9 Å². The molecule has 0 aliphatic carbocycles. The molecule has 1 atom stereocenters. The second-order valence-corrected chi connectivity index (χ2v) is 10.1. The summed E-state index contributed by atoms with van der Waals surface area (Å²) in [5, 5.41) is 10.1. The molecule has 0 saturated carbocycles. The van der Waals surface area contributed by atoms with Gasteiger partial charge in [0.05, 0.1) is 47.9 Å². The Balaban J connectivity index is 1.90. The van der Waals surface area contributed by atoms with Gasteiger partial charge in [-0.25, -0.2) is 22.4 Å². The van der Waals surface area contributed by atoms with Crippen LogP contribution in [0.1, 0.15) is 11.5 Å². The number of esters is 2. The first-order chi connectivity index (χ1) is 19.1. The average molecular weight is 563 g/mol. The van der Waals surface area contributed by atoms with Gasteiger partial charge in [-0.2, -0.15) is 5.26 Å². The highest BCUT2D eigenvalue weighted by atomic mass is 32.2. The van der Waals surface area contributed by atoms with Crippen LogP contribution in [0.3, 0.4) is 0 Å². The molecule has 0 saturated heterocycles. The number of ether oxygens (including phenoxy) is 2. The van der Waals surface area contributed by atoms with Crippen LogP contribution in [-0.2, 0) is 29.1 Å². The number of carbonyl (C=O) groups excluding carboxylic acids is 2. The average Bonchev–Trinajstić information content (AvgIpc) is 2.96. The van der Waals surface area contributed by atoms with Crippen LogP contribution in [-0.4, -0.2) is 34.6 Å². The maximum absolute atomic E-state index is 13.3. The van der Waals surface area contributed by atoms with E-state index in [1.54, 1.807) is 30.3 Å². The van der Waals surface area contributed by atoms with E-state index in [4.69, 9.17) is 15.2 Å². The quantitative estimate of drug-likeness (QED) is 0.412. The molecular formula is C28H23FN4O6S. The van der Waals surface area contributed by atoms with E-state index in [9.17, 15) is 27.7 Å². The second kappa shape index (κ2) is 11.3. The molecule has 0 amide bonds. The summed E-state index contributed by atoms with van der Waals surface area (Å²) in [7, 11) is -1.87. The number of nitrogens with two attached hydrogens (primary N) is 1. The summed E-state index contributed by atoms with van der Waals surface area (Å²) < 4.78 is 51.5. The van der Waals surface area contributed by atoms with Crippen molar-refractivity contribution in [3.63, 3.8) is 0 Å². The van der Waals surface area contributed by atoms with Crippen molar-refractivity contribution >= 4 is 33.3 Å². The number of hydrogen-bond donors (Lipinski definition) is 2. The van der Waals surface area contributed by atoms with E-state index in [0.29, 0.717) is 5.56 Å². The lowest BCUT2D eigenvalue weighted by atomic mass is 9.81. The molecule has 3 aromatic carbocycles. The SMILES string of the molecule is COC(=O)C1=C(C(=O)OC)N(c2cccc(NS(=O)(=O)c3ccc(F)cc3)c2)C(N)=C(C#N)C1c1ccccc1. The van der Waals surface area contributed by atoms with Crippen LogP contribution >= 0.6 is 0 Å². The first kappa shape index (κ1) is 27.9. The molecule has 0 fully saturated rings. The van der Waals surface area contributed by atoms with Gasteiger partial charge in [0.2, 0.25) is 0 Å². The van der Waals surface area contributed by atoms with Crippen LogP contribution < -0.4 is 15.4 Å². The smallest absolute Gasteiger partial charge is 0.355 e. The number of anilines is 2. The number of nitriles is 1. The molecule has 204 valence electrons. The molecule has 1 heterocycles. The van der Waals surface area contributed by atoms with Crippen LogP contribution in [0.2, 0.25) is 0 Å². The van der Waals surface area contributed by atoms with Crippen molar-refractivity contribution in [1.82, 2.24) is 0 Å². The minimum Gasteiger partial charge on any atom is -0.466 e. The van der Waals surface area contributed by atoms with E-state index >= 15 is 0 Å². The molecule has 3 aromatic rings. The zero-order chi connectivity index (χ0) is 29.0. The van der Waals surface area contributed by atoms with Gasteiger partial charge in [-0.1, -0.05) is 36.4 Å². The van der Waals surface area contributed by atoms with Gasteiger partial charge in [0, 0.05) is 5.69 Å². The van der Waals surface area contributed by atoms with Crippen molar-refractivity contribution in [3.05, 3.63) is 113 Å². The molecule has 1 aliphatic rings. The number of nitrogens with one attached hydrogen (secondary N) is 1. The fourth-order valence-electron chi connectivity index (χ4n) is 4.32. The third-order valence-electron chi connectivity index (χ3n) is 6.09. The number of allylic oxidation sites excluding steroid dienone is 1. The van der Waals surface area contributed by atoms with Crippen molar-refractivity contribution in [1.29, 1.82) is 5.26 Å². The molecule has 10 nitrogen and oxygen atoms in total. The predicted octanol–water partition coefficient (Wildman–Crippen LogP) is 3.52. The number of carbonyl (C=O) groups is 2. The highest BCUT2D eigenvalue weighted by molar-refractivity contribution is 7.92. The molecule has 0 radical (unpaired) electrons. The molecule has 0 aromatic heterocycles. The lowest BCUT2D eigenvalue weighted by molar-refractivity contribution is -0.139. The molecule has 4 rings (SSSR count). The summed E-state index contributed by atoms with van der Waals surface area (Å²) in [5.41, 5.74) is 6.63. The third kappa shape index (κ3) is 5.23. The Hall–Kier alpha value is -5.15. The first-order valence-corrected chi connectivity index (χ1v) is 13.1. The molecule has 0 bridgehead atoms. The molecule has 0 spiro atoms. The van der Waals surface area contributed by atoms with Crippen molar-refractivity contribution in [3.8, 4) is 6.07 Å². The summed E-state index contributed by atoms with van der Waals surface area (Å²) >= 11 is 0. The Morgan fingerprint density at radius 1 is 0.975 bits per heavy atom. The number of sulfonamides is 1. The van der Waals surface area contributed by atoms with E-state index in [2.05, 4.69) is 4.72 Å². The number of methoxy groups -OCH3 is 2. The van der Waals surface area contributed by atoms with Gasteiger partial charge in [0.1, 0.15) is 17.3 Å². The fourth-order valence-corrected chi connectivity index (χ4v) is 5.37. The number of benzene rings is 3. The Labute approximate surface area is 229 Å². The normalized spacial score (nSPS) is 15.3. The fraction of sp³-hybridized carbons (Fsp3) is 0.107. The Kier molecular flexibility index (Phi) is 7.88. The highest BCUT2D eigenvalue weighted by Crippen LogP contribution is 2.43. The zero-order valence-corrected chi connectivity index (χ0v) is 22.1. The topological polar surface area (TPSA) is 152 Å². The summed E-state index contributed by atoms with van der Waals surface area (Å²) in [6, 6.07) is 20.6. The van der Waals surface area contributed by atoms with Gasteiger partial charge in [0.25, 0.3) is 10.0 Å². The molecule has 40 heavy (non-hydrogen) atoms. The lowest BCUT2D eigenvalue weighted by Crippen LogP contribution is -2.40. The maximum Gasteiger partial charge on any atom is 0.355 e.